The second-order valence-corrected chi connectivity index (χ2v) is 6.46. The van der Waals surface area contributed by atoms with Crippen molar-refractivity contribution in [2.45, 2.75) is 25.8 Å². The fourth-order valence-electron chi connectivity index (χ4n) is 3.51. The van der Waals surface area contributed by atoms with E-state index in [1.165, 1.54) is 43.6 Å². The van der Waals surface area contributed by atoms with Crippen molar-refractivity contribution in [1.29, 1.82) is 0 Å². The Hall–Kier alpha value is -1.35. The summed E-state index contributed by atoms with van der Waals surface area (Å²) < 4.78 is 0. The molecule has 0 aromatic heterocycles. The summed E-state index contributed by atoms with van der Waals surface area (Å²) in [7, 11) is 0. The Kier molecular flexibility index (Phi) is 7.77. The zero-order valence-corrected chi connectivity index (χ0v) is 15.4. The molecule has 0 unspecified atom stereocenters. The van der Waals surface area contributed by atoms with Crippen molar-refractivity contribution in [1.82, 2.24) is 9.80 Å². The summed E-state index contributed by atoms with van der Waals surface area (Å²) in [5.74, 6) is 0. The Morgan fingerprint density at radius 3 is 1.75 bits per heavy atom. The zero-order chi connectivity index (χ0) is 15.9. The molecule has 0 bridgehead atoms. The van der Waals surface area contributed by atoms with E-state index in [-0.39, 0.29) is 12.4 Å². The van der Waals surface area contributed by atoms with Crippen molar-refractivity contribution < 1.29 is 0 Å². The molecule has 3 heteroatoms. The molecular formula is C21H29ClN2. The van der Waals surface area contributed by atoms with Crippen molar-refractivity contribution >= 4 is 12.4 Å². The van der Waals surface area contributed by atoms with Gasteiger partial charge in [0.2, 0.25) is 0 Å². The average Bonchev–Trinajstić information content (AvgIpc) is 2.63. The summed E-state index contributed by atoms with van der Waals surface area (Å²) in [6, 6.07) is 22.3. The van der Waals surface area contributed by atoms with E-state index in [9.17, 15) is 0 Å². The van der Waals surface area contributed by atoms with Gasteiger partial charge in [-0.1, -0.05) is 74.0 Å². The molecule has 0 spiro atoms. The predicted molar refractivity (Wildman–Crippen MR) is 105 cm³/mol. The minimum atomic E-state index is 0. The molecule has 2 aromatic carbocycles. The van der Waals surface area contributed by atoms with Crippen LogP contribution < -0.4 is 0 Å². The summed E-state index contributed by atoms with van der Waals surface area (Å²) in [4.78, 5) is 5.26. The molecular weight excluding hydrogens is 316 g/mol. The Balaban J connectivity index is 0.00000208. The normalized spacial score (nSPS) is 16.1. The maximum absolute atomic E-state index is 2.65. The summed E-state index contributed by atoms with van der Waals surface area (Å²) in [5.41, 5.74) is 2.81. The van der Waals surface area contributed by atoms with Gasteiger partial charge in [0.15, 0.2) is 0 Å². The van der Waals surface area contributed by atoms with Crippen molar-refractivity contribution in [2.24, 2.45) is 0 Å². The maximum atomic E-state index is 2.65. The van der Waals surface area contributed by atoms with Crippen LogP contribution in [-0.2, 0) is 0 Å². The van der Waals surface area contributed by atoms with Gasteiger partial charge in [0.25, 0.3) is 0 Å². The minimum Gasteiger partial charge on any atom is -0.301 e. The average molecular weight is 345 g/mol. The Labute approximate surface area is 152 Å². The smallest absolute Gasteiger partial charge is 0.0602 e. The number of hydrogen-bond donors (Lipinski definition) is 0. The maximum Gasteiger partial charge on any atom is 0.0602 e. The van der Waals surface area contributed by atoms with E-state index in [0.29, 0.717) is 6.04 Å². The largest absolute Gasteiger partial charge is 0.301 e. The van der Waals surface area contributed by atoms with E-state index < -0.39 is 0 Å². The molecule has 3 rings (SSSR count). The fraction of sp³-hybridized carbons (Fsp3) is 0.429. The third-order valence-corrected chi connectivity index (χ3v) is 4.83. The predicted octanol–water partition coefficient (Wildman–Crippen LogP) is 4.62. The van der Waals surface area contributed by atoms with Gasteiger partial charge in [-0.05, 0) is 24.1 Å². The number of nitrogens with zero attached hydrogens (tertiary/aromatic N) is 2. The number of halogens is 1. The Bertz CT molecular complexity index is 525. The highest BCUT2D eigenvalue weighted by molar-refractivity contribution is 5.85. The lowest BCUT2D eigenvalue weighted by molar-refractivity contribution is 0.108. The van der Waals surface area contributed by atoms with Crippen LogP contribution in [0.3, 0.4) is 0 Å². The molecule has 0 N–H and O–H groups in total. The summed E-state index contributed by atoms with van der Waals surface area (Å²) in [5, 5.41) is 0. The van der Waals surface area contributed by atoms with Gasteiger partial charge in [0.1, 0.15) is 0 Å². The molecule has 1 fully saturated rings. The second-order valence-electron chi connectivity index (χ2n) is 6.46. The third-order valence-electron chi connectivity index (χ3n) is 4.83. The highest BCUT2D eigenvalue weighted by Gasteiger charge is 2.25. The van der Waals surface area contributed by atoms with Gasteiger partial charge >= 0.3 is 0 Å². The molecule has 130 valence electrons. The SMILES string of the molecule is CCCCN1CCN(C(c2ccccc2)c2ccccc2)CC1.Cl. The van der Waals surface area contributed by atoms with Crippen molar-refractivity contribution in [2.75, 3.05) is 32.7 Å². The van der Waals surface area contributed by atoms with Gasteiger partial charge in [0, 0.05) is 26.2 Å². The molecule has 0 amide bonds. The van der Waals surface area contributed by atoms with Crippen LogP contribution in [0, 0.1) is 0 Å². The van der Waals surface area contributed by atoms with Crippen molar-refractivity contribution in [3.05, 3.63) is 71.8 Å². The lowest BCUT2D eigenvalue weighted by Gasteiger charge is -2.39. The van der Waals surface area contributed by atoms with Crippen molar-refractivity contribution in [3.63, 3.8) is 0 Å². The highest BCUT2D eigenvalue weighted by Crippen LogP contribution is 2.29. The number of rotatable bonds is 6. The Morgan fingerprint density at radius 1 is 0.792 bits per heavy atom. The molecule has 0 aliphatic carbocycles. The zero-order valence-electron chi connectivity index (χ0n) is 14.6. The van der Waals surface area contributed by atoms with Crippen LogP contribution in [0.25, 0.3) is 0 Å². The monoisotopic (exact) mass is 344 g/mol. The first kappa shape index (κ1) is 19.0. The van der Waals surface area contributed by atoms with E-state index >= 15 is 0 Å². The minimum absolute atomic E-state index is 0. The van der Waals surface area contributed by atoms with Crippen LogP contribution in [0.5, 0.6) is 0 Å². The first-order valence-corrected chi connectivity index (χ1v) is 8.95. The lowest BCUT2D eigenvalue weighted by atomic mass is 9.96. The molecule has 0 saturated carbocycles. The van der Waals surface area contributed by atoms with E-state index in [1.807, 2.05) is 0 Å². The van der Waals surface area contributed by atoms with Crippen LogP contribution in [0.1, 0.15) is 36.9 Å². The number of piperazine rings is 1. The Morgan fingerprint density at radius 2 is 1.29 bits per heavy atom. The van der Waals surface area contributed by atoms with Gasteiger partial charge in [0.05, 0.1) is 6.04 Å². The van der Waals surface area contributed by atoms with E-state index in [4.69, 9.17) is 0 Å². The first-order valence-electron chi connectivity index (χ1n) is 8.95. The van der Waals surface area contributed by atoms with Gasteiger partial charge in [-0.3, -0.25) is 4.90 Å². The quantitative estimate of drug-likeness (QED) is 0.754. The number of benzene rings is 2. The standard InChI is InChI=1S/C21H28N2.ClH/c1-2-3-14-22-15-17-23(18-16-22)21(19-10-6-4-7-11-19)20-12-8-5-9-13-20;/h4-13,21H,2-3,14-18H2,1H3;1H. The third kappa shape index (κ3) is 4.83. The molecule has 1 heterocycles. The van der Waals surface area contributed by atoms with Crippen LogP contribution in [0.4, 0.5) is 0 Å². The van der Waals surface area contributed by atoms with Gasteiger partial charge in [-0.25, -0.2) is 0 Å². The highest BCUT2D eigenvalue weighted by atomic mass is 35.5. The molecule has 1 aliphatic rings. The van der Waals surface area contributed by atoms with E-state index in [1.54, 1.807) is 0 Å². The lowest BCUT2D eigenvalue weighted by Crippen LogP contribution is -2.48. The van der Waals surface area contributed by atoms with E-state index in [0.717, 1.165) is 13.1 Å². The number of unbranched alkanes of at least 4 members (excludes halogenated alkanes) is 1. The van der Waals surface area contributed by atoms with Crippen LogP contribution in [-0.4, -0.2) is 42.5 Å². The fourth-order valence-corrected chi connectivity index (χ4v) is 3.51. The summed E-state index contributed by atoms with van der Waals surface area (Å²) >= 11 is 0. The van der Waals surface area contributed by atoms with Gasteiger partial charge < -0.3 is 4.90 Å². The molecule has 24 heavy (non-hydrogen) atoms. The molecule has 2 aromatic rings. The topological polar surface area (TPSA) is 6.48 Å². The summed E-state index contributed by atoms with van der Waals surface area (Å²) in [6.45, 7) is 8.21. The van der Waals surface area contributed by atoms with Gasteiger partial charge in [-0.15, -0.1) is 12.4 Å². The molecule has 0 radical (unpaired) electrons. The van der Waals surface area contributed by atoms with Crippen LogP contribution >= 0.6 is 12.4 Å². The summed E-state index contributed by atoms with van der Waals surface area (Å²) in [6.07, 6.45) is 2.61. The van der Waals surface area contributed by atoms with Gasteiger partial charge in [-0.2, -0.15) is 0 Å². The number of hydrogen-bond acceptors (Lipinski definition) is 2. The van der Waals surface area contributed by atoms with Crippen molar-refractivity contribution in [3.8, 4) is 0 Å². The van der Waals surface area contributed by atoms with Crippen LogP contribution in [0.15, 0.2) is 60.7 Å². The first-order chi connectivity index (χ1) is 11.4. The molecule has 1 saturated heterocycles. The second kappa shape index (κ2) is 9.83. The molecule has 0 atom stereocenters. The molecule has 2 nitrogen and oxygen atoms in total. The van der Waals surface area contributed by atoms with Crippen LogP contribution in [0.2, 0.25) is 0 Å². The molecule has 1 aliphatic heterocycles. The van der Waals surface area contributed by atoms with E-state index in [2.05, 4.69) is 77.4 Å².